The van der Waals surface area contributed by atoms with E-state index in [0.29, 0.717) is 5.56 Å². The second-order valence-corrected chi connectivity index (χ2v) is 7.08. The lowest BCUT2D eigenvalue weighted by atomic mass is 10.0. The number of Topliss-reactive ketones (excluding diaryl/α,β-unsaturated/α-hetero) is 1. The van der Waals surface area contributed by atoms with Crippen LogP contribution in [-0.4, -0.2) is 32.3 Å². The molecular weight excluding hydrogens is 293 g/mol. The molecule has 4 nitrogen and oxygen atoms in total. The van der Waals surface area contributed by atoms with E-state index in [4.69, 9.17) is 17.3 Å². The molecule has 0 amide bonds. The highest BCUT2D eigenvalue weighted by Gasteiger charge is 2.16. The Morgan fingerprint density at radius 2 is 2.11 bits per heavy atom. The number of halogens is 2. The van der Waals surface area contributed by atoms with E-state index in [1.165, 1.54) is 18.2 Å². The van der Waals surface area contributed by atoms with Gasteiger partial charge in [-0.05, 0) is 24.1 Å². The summed E-state index contributed by atoms with van der Waals surface area (Å²) < 4.78 is 35.1. The Morgan fingerprint density at radius 3 is 2.63 bits per heavy atom. The fourth-order valence-electron chi connectivity index (χ4n) is 1.48. The molecule has 0 fully saturated rings. The molecule has 7 heteroatoms. The predicted molar refractivity (Wildman–Crippen MR) is 72.4 cm³/mol. The lowest BCUT2D eigenvalue weighted by Gasteiger charge is -2.10. The largest absolute Gasteiger partial charge is 0.321 e. The topological polar surface area (TPSA) is 77.2 Å². The first-order valence-corrected chi connectivity index (χ1v) is 8.03. The quantitative estimate of drug-likeness (QED) is 0.860. The monoisotopic (exact) mass is 307 g/mol. The summed E-state index contributed by atoms with van der Waals surface area (Å²) >= 11 is 5.53. The van der Waals surface area contributed by atoms with Crippen molar-refractivity contribution in [3.8, 4) is 0 Å². The summed E-state index contributed by atoms with van der Waals surface area (Å²) in [6.45, 7) is 0. The van der Waals surface area contributed by atoms with Crippen molar-refractivity contribution < 1.29 is 17.6 Å². The minimum absolute atomic E-state index is 0.0161. The summed E-state index contributed by atoms with van der Waals surface area (Å²) in [5, 5.41) is -0.0161. The third-order valence-corrected chi connectivity index (χ3v) is 3.86. The molecule has 1 atom stereocenters. The van der Waals surface area contributed by atoms with Crippen molar-refractivity contribution in [1.82, 2.24) is 0 Å². The van der Waals surface area contributed by atoms with Crippen LogP contribution in [-0.2, 0) is 21.1 Å². The van der Waals surface area contributed by atoms with E-state index in [0.717, 1.165) is 6.26 Å². The number of hydrogen-bond donors (Lipinski definition) is 1. The lowest BCUT2D eigenvalue weighted by Crippen LogP contribution is -2.33. The summed E-state index contributed by atoms with van der Waals surface area (Å²) in [7, 11) is -3.15. The molecule has 1 unspecified atom stereocenters. The predicted octanol–water partition coefficient (Wildman–Crippen LogP) is 1.35. The zero-order valence-corrected chi connectivity index (χ0v) is 12.0. The molecule has 0 aliphatic carbocycles. The van der Waals surface area contributed by atoms with Crippen molar-refractivity contribution in [3.05, 3.63) is 34.6 Å². The van der Waals surface area contributed by atoms with Crippen molar-refractivity contribution >= 4 is 27.2 Å². The minimum atomic E-state index is -3.15. The number of carbonyl (C=O) groups excluding carboxylic acids is 1. The van der Waals surface area contributed by atoms with Gasteiger partial charge in [0.1, 0.15) is 15.7 Å². The van der Waals surface area contributed by atoms with Crippen LogP contribution in [0.15, 0.2) is 18.2 Å². The molecule has 19 heavy (non-hydrogen) atoms. The van der Waals surface area contributed by atoms with Gasteiger partial charge in [0.25, 0.3) is 0 Å². The zero-order valence-electron chi connectivity index (χ0n) is 10.4. The van der Waals surface area contributed by atoms with Crippen LogP contribution in [0.3, 0.4) is 0 Å². The molecule has 1 rings (SSSR count). The Hall–Kier alpha value is -0.980. The lowest BCUT2D eigenvalue weighted by molar-refractivity contribution is -0.119. The summed E-state index contributed by atoms with van der Waals surface area (Å²) in [5.74, 6) is -1.07. The summed E-state index contributed by atoms with van der Waals surface area (Å²) in [5.41, 5.74) is 6.07. The van der Waals surface area contributed by atoms with Gasteiger partial charge in [-0.3, -0.25) is 4.79 Å². The van der Waals surface area contributed by atoms with Crippen molar-refractivity contribution in [2.45, 2.75) is 18.9 Å². The van der Waals surface area contributed by atoms with Crippen LogP contribution in [0.5, 0.6) is 0 Å². The Morgan fingerprint density at radius 1 is 1.47 bits per heavy atom. The maximum Gasteiger partial charge on any atom is 0.153 e. The van der Waals surface area contributed by atoms with Gasteiger partial charge in [-0.2, -0.15) is 0 Å². The number of ketones is 1. The molecule has 0 aromatic heterocycles. The fraction of sp³-hybridized carbons (Fsp3) is 0.417. The molecule has 0 aliphatic rings. The van der Waals surface area contributed by atoms with E-state index in [2.05, 4.69) is 0 Å². The van der Waals surface area contributed by atoms with E-state index < -0.39 is 21.7 Å². The molecule has 0 spiro atoms. The Kier molecular flexibility index (Phi) is 5.46. The molecule has 106 valence electrons. The van der Waals surface area contributed by atoms with Gasteiger partial charge in [0.05, 0.1) is 16.8 Å². The molecule has 0 radical (unpaired) electrons. The van der Waals surface area contributed by atoms with E-state index in [-0.39, 0.29) is 29.4 Å². The third-order valence-electron chi connectivity index (χ3n) is 2.58. The molecule has 0 saturated heterocycles. The molecule has 1 aromatic rings. The molecule has 0 saturated carbocycles. The first kappa shape index (κ1) is 16.1. The highest BCUT2D eigenvalue weighted by Crippen LogP contribution is 2.16. The molecule has 1 aromatic carbocycles. The highest BCUT2D eigenvalue weighted by atomic mass is 35.5. The molecular formula is C12H15ClFNO3S. The van der Waals surface area contributed by atoms with Crippen LogP contribution < -0.4 is 5.73 Å². The van der Waals surface area contributed by atoms with Gasteiger partial charge in [-0.15, -0.1) is 0 Å². The molecule has 0 aliphatic heterocycles. The smallest absolute Gasteiger partial charge is 0.153 e. The van der Waals surface area contributed by atoms with Crippen LogP contribution in [0.2, 0.25) is 5.02 Å². The first-order chi connectivity index (χ1) is 8.69. The number of sulfone groups is 1. The van der Waals surface area contributed by atoms with Gasteiger partial charge in [-0.1, -0.05) is 17.7 Å². The van der Waals surface area contributed by atoms with Crippen LogP contribution in [0.1, 0.15) is 12.0 Å². The molecule has 2 N–H and O–H groups in total. The second-order valence-electron chi connectivity index (χ2n) is 4.42. The Bertz CT molecular complexity index is 574. The Labute approximate surface area is 116 Å². The summed E-state index contributed by atoms with van der Waals surface area (Å²) in [6, 6.07) is 3.20. The fourth-order valence-corrected chi connectivity index (χ4v) is 2.28. The summed E-state index contributed by atoms with van der Waals surface area (Å²) in [6.07, 6.45) is 1.10. The van der Waals surface area contributed by atoms with Gasteiger partial charge in [0, 0.05) is 12.7 Å². The van der Waals surface area contributed by atoms with E-state index >= 15 is 0 Å². The van der Waals surface area contributed by atoms with Crippen molar-refractivity contribution in [3.63, 3.8) is 0 Å². The zero-order chi connectivity index (χ0) is 14.6. The number of rotatable bonds is 6. The van der Waals surface area contributed by atoms with Gasteiger partial charge < -0.3 is 5.73 Å². The maximum atomic E-state index is 13.2. The van der Waals surface area contributed by atoms with E-state index in [1.54, 1.807) is 0 Å². The standard InChI is InChI=1S/C12H15ClFNO3S/c1-19(17,18)5-4-11(15)12(16)7-8-2-3-9(13)10(14)6-8/h2-3,6,11H,4-5,7,15H2,1H3. The highest BCUT2D eigenvalue weighted by molar-refractivity contribution is 7.90. The van der Waals surface area contributed by atoms with E-state index in [9.17, 15) is 17.6 Å². The average Bonchev–Trinajstić information content (AvgIpc) is 2.29. The van der Waals surface area contributed by atoms with Gasteiger partial charge >= 0.3 is 0 Å². The van der Waals surface area contributed by atoms with Crippen molar-refractivity contribution in [2.75, 3.05) is 12.0 Å². The molecule has 0 bridgehead atoms. The number of nitrogens with two attached hydrogens (primary N) is 1. The number of hydrogen-bond acceptors (Lipinski definition) is 4. The maximum absolute atomic E-state index is 13.2. The SMILES string of the molecule is CS(=O)(=O)CCC(N)C(=O)Cc1ccc(Cl)c(F)c1. The van der Waals surface area contributed by atoms with E-state index in [1.807, 2.05) is 0 Å². The van der Waals surface area contributed by atoms with Gasteiger partial charge in [0.2, 0.25) is 0 Å². The number of benzene rings is 1. The minimum Gasteiger partial charge on any atom is -0.321 e. The third kappa shape index (κ3) is 5.67. The van der Waals surface area contributed by atoms with Crippen molar-refractivity contribution in [2.24, 2.45) is 5.73 Å². The Balaban J connectivity index is 2.61. The normalized spacial score (nSPS) is 13.3. The van der Waals surface area contributed by atoms with Gasteiger partial charge in [-0.25, -0.2) is 12.8 Å². The van der Waals surface area contributed by atoms with Crippen molar-refractivity contribution in [1.29, 1.82) is 0 Å². The summed E-state index contributed by atoms with van der Waals surface area (Å²) in [4.78, 5) is 11.8. The van der Waals surface area contributed by atoms with Crippen LogP contribution in [0.4, 0.5) is 4.39 Å². The second kappa shape index (κ2) is 6.45. The van der Waals surface area contributed by atoms with Crippen LogP contribution in [0.25, 0.3) is 0 Å². The van der Waals surface area contributed by atoms with Gasteiger partial charge in [0.15, 0.2) is 5.78 Å². The first-order valence-electron chi connectivity index (χ1n) is 5.59. The average molecular weight is 308 g/mol. The van der Waals surface area contributed by atoms with Crippen LogP contribution in [0, 0.1) is 5.82 Å². The van der Waals surface area contributed by atoms with Crippen LogP contribution >= 0.6 is 11.6 Å². The molecule has 0 heterocycles. The number of carbonyl (C=O) groups is 1.